The van der Waals surface area contributed by atoms with Crippen LogP contribution < -0.4 is 5.43 Å². The lowest BCUT2D eigenvalue weighted by atomic mass is 10.2. The van der Waals surface area contributed by atoms with Crippen LogP contribution in [0.2, 0.25) is 0 Å². The van der Waals surface area contributed by atoms with Crippen molar-refractivity contribution in [1.82, 2.24) is 9.97 Å². The number of aromatic nitrogens is 2. The molecule has 0 saturated carbocycles. The molecule has 0 fully saturated rings. The molecule has 3 rings (SSSR count). The summed E-state index contributed by atoms with van der Waals surface area (Å²) in [5.74, 6) is 0.377. The van der Waals surface area contributed by atoms with E-state index in [0.29, 0.717) is 11.4 Å². The molecule has 0 aliphatic heterocycles. The zero-order valence-corrected chi connectivity index (χ0v) is 12.4. The number of fused-ring (bicyclic) bond motifs is 1. The van der Waals surface area contributed by atoms with Crippen LogP contribution in [0.15, 0.2) is 35.7 Å². The summed E-state index contributed by atoms with van der Waals surface area (Å²) in [7, 11) is 0. The summed E-state index contributed by atoms with van der Waals surface area (Å²) in [5.41, 5.74) is 4.75. The number of halogens is 1. The Morgan fingerprint density at radius 1 is 1.29 bits per heavy atom. The Kier molecular flexibility index (Phi) is 3.62. The molecule has 21 heavy (non-hydrogen) atoms. The Balaban J connectivity index is 1.89. The van der Waals surface area contributed by atoms with Crippen LogP contribution in [0.4, 0.5) is 10.2 Å². The molecule has 0 bridgehead atoms. The van der Waals surface area contributed by atoms with Crippen LogP contribution in [0.3, 0.4) is 0 Å². The molecular weight excluding hydrogens is 287 g/mol. The molecule has 1 N–H and O–H groups in total. The van der Waals surface area contributed by atoms with E-state index in [9.17, 15) is 4.39 Å². The number of thiophene rings is 1. The predicted octanol–water partition coefficient (Wildman–Crippen LogP) is 3.89. The minimum Gasteiger partial charge on any atom is -0.261 e. The lowest BCUT2D eigenvalue weighted by molar-refractivity contribution is 0.627. The number of anilines is 1. The fourth-order valence-corrected chi connectivity index (χ4v) is 3.02. The average molecular weight is 300 g/mol. The third-order valence-corrected chi connectivity index (χ3v) is 4.31. The number of nitrogens with zero attached hydrogens (tertiary/aromatic N) is 3. The van der Waals surface area contributed by atoms with Crippen molar-refractivity contribution in [3.8, 4) is 0 Å². The van der Waals surface area contributed by atoms with Crippen molar-refractivity contribution in [2.24, 2.45) is 5.10 Å². The van der Waals surface area contributed by atoms with E-state index in [2.05, 4.69) is 27.4 Å². The van der Waals surface area contributed by atoms with Gasteiger partial charge in [-0.05, 0) is 37.1 Å². The number of hydrogen-bond acceptors (Lipinski definition) is 5. The van der Waals surface area contributed by atoms with Crippen molar-refractivity contribution in [1.29, 1.82) is 0 Å². The van der Waals surface area contributed by atoms with E-state index in [1.165, 1.54) is 23.3 Å². The predicted molar refractivity (Wildman–Crippen MR) is 84.5 cm³/mol. The lowest BCUT2D eigenvalue weighted by Gasteiger charge is -2.01. The van der Waals surface area contributed by atoms with Crippen LogP contribution in [-0.2, 0) is 0 Å². The third-order valence-electron chi connectivity index (χ3n) is 3.20. The van der Waals surface area contributed by atoms with Gasteiger partial charge >= 0.3 is 0 Å². The van der Waals surface area contributed by atoms with Gasteiger partial charge in [-0.25, -0.2) is 14.4 Å². The van der Waals surface area contributed by atoms with Gasteiger partial charge in [0.25, 0.3) is 0 Å². The van der Waals surface area contributed by atoms with Crippen LogP contribution in [0, 0.1) is 19.7 Å². The van der Waals surface area contributed by atoms with E-state index in [-0.39, 0.29) is 5.82 Å². The van der Waals surface area contributed by atoms with Gasteiger partial charge in [-0.15, -0.1) is 11.3 Å². The molecule has 0 aliphatic rings. The maximum absolute atomic E-state index is 13.1. The molecule has 0 radical (unpaired) electrons. The molecule has 0 spiro atoms. The number of benzene rings is 1. The summed E-state index contributed by atoms with van der Waals surface area (Å²) in [6.45, 7) is 4.10. The number of hydrogen-bond donors (Lipinski definition) is 1. The molecule has 106 valence electrons. The van der Waals surface area contributed by atoms with E-state index in [0.717, 1.165) is 15.8 Å². The summed E-state index contributed by atoms with van der Waals surface area (Å²) < 4.78 is 13.1. The standard InChI is InChI=1S/C15H13FN4S/c1-9-10(2)21-15-13(9)14(17-8-18-15)20-19-7-11-4-3-5-12(16)6-11/h3-8H,1-2H3,(H,17,18,20)/b19-7-. The SMILES string of the molecule is Cc1sc2ncnc(N/N=C\c3cccc(F)c3)c2c1C. The fraction of sp³-hybridized carbons (Fsp3) is 0.133. The van der Waals surface area contributed by atoms with Crippen LogP contribution in [0.5, 0.6) is 0 Å². The van der Waals surface area contributed by atoms with Gasteiger partial charge in [-0.2, -0.15) is 5.10 Å². The highest BCUT2D eigenvalue weighted by atomic mass is 32.1. The lowest BCUT2D eigenvalue weighted by Crippen LogP contribution is -1.95. The quantitative estimate of drug-likeness (QED) is 0.589. The first-order valence-electron chi connectivity index (χ1n) is 6.40. The summed E-state index contributed by atoms with van der Waals surface area (Å²) in [6, 6.07) is 6.24. The van der Waals surface area contributed by atoms with Gasteiger partial charge in [0, 0.05) is 4.88 Å². The van der Waals surface area contributed by atoms with Gasteiger partial charge in [0.1, 0.15) is 17.0 Å². The number of aryl methyl sites for hydroxylation is 2. The Morgan fingerprint density at radius 3 is 2.95 bits per heavy atom. The third kappa shape index (κ3) is 2.75. The van der Waals surface area contributed by atoms with Crippen molar-refractivity contribution < 1.29 is 4.39 Å². The van der Waals surface area contributed by atoms with Gasteiger partial charge in [-0.3, -0.25) is 5.43 Å². The van der Waals surface area contributed by atoms with Crippen molar-refractivity contribution in [3.05, 3.63) is 52.4 Å². The normalized spacial score (nSPS) is 11.4. The van der Waals surface area contributed by atoms with Crippen molar-refractivity contribution in [2.45, 2.75) is 13.8 Å². The Bertz CT molecular complexity index is 826. The zero-order valence-electron chi connectivity index (χ0n) is 11.6. The highest BCUT2D eigenvalue weighted by Gasteiger charge is 2.11. The number of nitrogens with one attached hydrogen (secondary N) is 1. The zero-order chi connectivity index (χ0) is 14.8. The highest BCUT2D eigenvalue weighted by molar-refractivity contribution is 7.18. The van der Waals surface area contributed by atoms with E-state index >= 15 is 0 Å². The number of rotatable bonds is 3. The molecule has 4 nitrogen and oxygen atoms in total. The second-order valence-corrected chi connectivity index (χ2v) is 5.81. The van der Waals surface area contributed by atoms with E-state index in [1.807, 2.05) is 6.92 Å². The van der Waals surface area contributed by atoms with Crippen molar-refractivity contribution in [3.63, 3.8) is 0 Å². The molecule has 0 unspecified atom stereocenters. The molecule has 2 aromatic heterocycles. The van der Waals surface area contributed by atoms with Gasteiger partial charge < -0.3 is 0 Å². The topological polar surface area (TPSA) is 50.2 Å². The largest absolute Gasteiger partial charge is 0.261 e. The van der Waals surface area contributed by atoms with Crippen LogP contribution in [-0.4, -0.2) is 16.2 Å². The first kappa shape index (κ1) is 13.6. The van der Waals surface area contributed by atoms with E-state index in [1.54, 1.807) is 29.7 Å². The van der Waals surface area contributed by atoms with Gasteiger partial charge in [0.2, 0.25) is 0 Å². The van der Waals surface area contributed by atoms with Crippen LogP contribution >= 0.6 is 11.3 Å². The molecule has 3 aromatic rings. The minimum absolute atomic E-state index is 0.285. The van der Waals surface area contributed by atoms with Crippen LogP contribution in [0.25, 0.3) is 10.2 Å². The molecule has 0 amide bonds. The Labute approximate surface area is 125 Å². The van der Waals surface area contributed by atoms with E-state index < -0.39 is 0 Å². The van der Waals surface area contributed by atoms with Crippen LogP contribution in [0.1, 0.15) is 16.0 Å². The average Bonchev–Trinajstić information content (AvgIpc) is 2.75. The maximum Gasteiger partial charge on any atom is 0.158 e. The fourth-order valence-electron chi connectivity index (χ4n) is 2.02. The second kappa shape index (κ2) is 5.57. The maximum atomic E-state index is 13.1. The summed E-state index contributed by atoms with van der Waals surface area (Å²) >= 11 is 1.63. The molecular formula is C15H13FN4S. The monoisotopic (exact) mass is 300 g/mol. The molecule has 0 aliphatic carbocycles. The molecule has 0 saturated heterocycles. The first-order valence-corrected chi connectivity index (χ1v) is 7.22. The molecule has 6 heteroatoms. The minimum atomic E-state index is -0.285. The van der Waals surface area contributed by atoms with Gasteiger partial charge in [-0.1, -0.05) is 12.1 Å². The van der Waals surface area contributed by atoms with Gasteiger partial charge in [0.05, 0.1) is 11.6 Å². The van der Waals surface area contributed by atoms with Crippen molar-refractivity contribution in [2.75, 3.05) is 5.43 Å². The van der Waals surface area contributed by atoms with Gasteiger partial charge in [0.15, 0.2) is 5.82 Å². The Hall–Kier alpha value is -2.34. The Morgan fingerprint density at radius 2 is 2.14 bits per heavy atom. The smallest absolute Gasteiger partial charge is 0.158 e. The first-order chi connectivity index (χ1) is 10.1. The summed E-state index contributed by atoms with van der Waals surface area (Å²) in [5, 5.41) is 5.11. The molecule has 0 atom stereocenters. The number of hydrazone groups is 1. The van der Waals surface area contributed by atoms with E-state index in [4.69, 9.17) is 0 Å². The second-order valence-electron chi connectivity index (χ2n) is 4.61. The summed E-state index contributed by atoms with van der Waals surface area (Å²) in [4.78, 5) is 10.6. The van der Waals surface area contributed by atoms with Crippen molar-refractivity contribution >= 4 is 33.6 Å². The summed E-state index contributed by atoms with van der Waals surface area (Å²) in [6.07, 6.45) is 3.07. The molecule has 1 aromatic carbocycles. The highest BCUT2D eigenvalue weighted by Crippen LogP contribution is 2.32. The molecule has 2 heterocycles.